The zero-order valence-electron chi connectivity index (χ0n) is 14.3. The molecule has 0 bridgehead atoms. The van der Waals surface area contributed by atoms with Crippen molar-refractivity contribution in [2.45, 2.75) is 50.3 Å². The molecule has 2 aromatic rings. The molecule has 1 saturated heterocycles. The number of aromatic nitrogens is 1. The van der Waals surface area contributed by atoms with E-state index in [-0.39, 0.29) is 23.7 Å². The zero-order chi connectivity index (χ0) is 16.6. The molecule has 126 valence electrons. The Hall–Kier alpha value is -2.01. The van der Waals surface area contributed by atoms with Gasteiger partial charge in [-0.25, -0.2) is 4.79 Å². The maximum atomic E-state index is 12.8. The van der Waals surface area contributed by atoms with Crippen LogP contribution in [0.3, 0.4) is 0 Å². The summed E-state index contributed by atoms with van der Waals surface area (Å²) in [5.41, 5.74) is 3.62. The number of benzene rings is 1. The van der Waals surface area contributed by atoms with E-state index in [9.17, 15) is 4.79 Å². The molecule has 3 aliphatic rings. The Bertz CT molecular complexity index is 856. The second kappa shape index (κ2) is 4.54. The van der Waals surface area contributed by atoms with E-state index >= 15 is 0 Å². The summed E-state index contributed by atoms with van der Waals surface area (Å²) in [4.78, 5) is 18.7. The maximum absolute atomic E-state index is 12.8. The Labute approximate surface area is 140 Å². The van der Waals surface area contributed by atoms with Crippen molar-refractivity contribution in [1.29, 1.82) is 0 Å². The van der Waals surface area contributed by atoms with Crippen LogP contribution in [0.25, 0.3) is 10.9 Å². The second-order valence-electron chi connectivity index (χ2n) is 7.56. The first kappa shape index (κ1) is 14.3. The number of carbonyl (C=O) groups is 1. The molecule has 0 amide bonds. The van der Waals surface area contributed by atoms with E-state index in [1.54, 1.807) is 7.11 Å². The van der Waals surface area contributed by atoms with Gasteiger partial charge in [-0.15, -0.1) is 0 Å². The monoisotopic (exact) mass is 326 g/mol. The van der Waals surface area contributed by atoms with Crippen LogP contribution in [0.15, 0.2) is 18.2 Å². The van der Waals surface area contributed by atoms with Crippen LogP contribution in [0.4, 0.5) is 0 Å². The van der Waals surface area contributed by atoms with Gasteiger partial charge in [0, 0.05) is 34.6 Å². The van der Waals surface area contributed by atoms with E-state index in [0.717, 1.165) is 29.9 Å². The van der Waals surface area contributed by atoms with Gasteiger partial charge in [-0.2, -0.15) is 0 Å². The third kappa shape index (κ3) is 1.66. The summed E-state index contributed by atoms with van der Waals surface area (Å²) >= 11 is 0. The number of nitrogens with zero attached hydrogens (tertiary/aromatic N) is 1. The number of aromatic amines is 1. The highest BCUT2D eigenvalue weighted by Crippen LogP contribution is 2.69. The smallest absolute Gasteiger partial charge is 0.329 e. The van der Waals surface area contributed by atoms with Crippen molar-refractivity contribution in [2.75, 3.05) is 13.7 Å². The predicted octanol–water partition coefficient (Wildman–Crippen LogP) is 3.11. The van der Waals surface area contributed by atoms with Crippen LogP contribution >= 0.6 is 0 Å². The molecule has 3 unspecified atom stereocenters. The SMILES string of the molecule is COc1ccc2[nH]c3c(c2c1)C1CC12CCN2C3C(=O)OC(C)C. The fourth-order valence-electron chi connectivity index (χ4n) is 4.80. The van der Waals surface area contributed by atoms with Gasteiger partial charge in [0.1, 0.15) is 11.8 Å². The summed E-state index contributed by atoms with van der Waals surface area (Å²) in [6, 6.07) is 5.80. The summed E-state index contributed by atoms with van der Waals surface area (Å²) in [7, 11) is 1.69. The van der Waals surface area contributed by atoms with E-state index in [1.807, 2.05) is 26.0 Å². The average Bonchev–Trinajstić information content (AvgIpc) is 3.20. The van der Waals surface area contributed by atoms with Gasteiger partial charge in [0.25, 0.3) is 0 Å². The van der Waals surface area contributed by atoms with Gasteiger partial charge >= 0.3 is 5.97 Å². The van der Waals surface area contributed by atoms with Crippen LogP contribution in [0, 0.1) is 0 Å². The summed E-state index contributed by atoms with van der Waals surface area (Å²) in [6.07, 6.45) is 2.23. The minimum atomic E-state index is -0.298. The first-order valence-electron chi connectivity index (χ1n) is 8.72. The van der Waals surface area contributed by atoms with Gasteiger partial charge in [0.2, 0.25) is 0 Å². The number of hydrogen-bond donors (Lipinski definition) is 1. The highest BCUT2D eigenvalue weighted by molar-refractivity contribution is 5.91. The number of H-pyrrole nitrogens is 1. The van der Waals surface area contributed by atoms with Gasteiger partial charge in [-0.3, -0.25) is 4.90 Å². The Morgan fingerprint density at radius 3 is 2.92 bits per heavy atom. The van der Waals surface area contributed by atoms with Crippen molar-refractivity contribution in [3.05, 3.63) is 29.5 Å². The lowest BCUT2D eigenvalue weighted by Gasteiger charge is -2.49. The summed E-state index contributed by atoms with van der Waals surface area (Å²) in [6.45, 7) is 4.79. The largest absolute Gasteiger partial charge is 0.497 e. The number of carbonyl (C=O) groups excluding carboxylic acids is 1. The molecule has 0 radical (unpaired) electrons. The fourth-order valence-corrected chi connectivity index (χ4v) is 4.80. The van der Waals surface area contributed by atoms with Crippen LogP contribution in [0.2, 0.25) is 0 Å². The second-order valence-corrected chi connectivity index (χ2v) is 7.56. The molecule has 24 heavy (non-hydrogen) atoms. The standard InChI is InChI=1S/C19H22N2O3/c1-10(2)24-18(22)17-16-15(13-9-19(13)6-7-21(17)19)12-8-11(23-3)4-5-14(12)20-16/h4-5,8,10,13,17,20H,6-7,9H2,1-3H3. The van der Waals surface area contributed by atoms with Gasteiger partial charge in [-0.05, 0) is 50.5 Å². The number of rotatable bonds is 3. The number of hydrogen-bond acceptors (Lipinski definition) is 4. The summed E-state index contributed by atoms with van der Waals surface area (Å²) in [5.74, 6) is 1.26. The normalized spacial score (nSPS) is 30.3. The summed E-state index contributed by atoms with van der Waals surface area (Å²) < 4.78 is 11.0. The van der Waals surface area contributed by atoms with Gasteiger partial charge in [-0.1, -0.05) is 0 Å². The topological polar surface area (TPSA) is 54.6 Å². The number of methoxy groups -OCH3 is 1. The third-order valence-corrected chi connectivity index (χ3v) is 5.99. The average molecular weight is 326 g/mol. The van der Waals surface area contributed by atoms with Crippen LogP contribution in [-0.2, 0) is 9.53 Å². The number of fused-ring (bicyclic) bond motifs is 4. The molecule has 1 spiro atoms. The van der Waals surface area contributed by atoms with Crippen molar-refractivity contribution in [3.8, 4) is 5.75 Å². The van der Waals surface area contributed by atoms with Crippen LogP contribution in [0.5, 0.6) is 5.75 Å². The van der Waals surface area contributed by atoms with Crippen molar-refractivity contribution in [2.24, 2.45) is 0 Å². The first-order chi connectivity index (χ1) is 11.5. The molecular weight excluding hydrogens is 304 g/mol. The molecule has 1 saturated carbocycles. The van der Waals surface area contributed by atoms with Gasteiger partial charge in [0.05, 0.1) is 13.2 Å². The lowest BCUT2D eigenvalue weighted by atomic mass is 9.84. The Morgan fingerprint density at radius 2 is 2.25 bits per heavy atom. The van der Waals surface area contributed by atoms with Crippen molar-refractivity contribution >= 4 is 16.9 Å². The molecule has 1 aliphatic carbocycles. The highest BCUT2D eigenvalue weighted by Gasteiger charge is 2.70. The van der Waals surface area contributed by atoms with Crippen molar-refractivity contribution in [3.63, 3.8) is 0 Å². The van der Waals surface area contributed by atoms with Crippen LogP contribution < -0.4 is 4.74 Å². The molecule has 3 atom stereocenters. The Morgan fingerprint density at radius 1 is 1.42 bits per heavy atom. The molecule has 5 nitrogen and oxygen atoms in total. The van der Waals surface area contributed by atoms with Crippen LogP contribution in [-0.4, -0.2) is 41.2 Å². The van der Waals surface area contributed by atoms with Gasteiger partial charge in [0.15, 0.2) is 0 Å². The molecule has 2 aliphatic heterocycles. The Balaban J connectivity index is 1.68. The van der Waals surface area contributed by atoms with Gasteiger partial charge < -0.3 is 14.5 Å². The molecular formula is C19H22N2O3. The minimum Gasteiger partial charge on any atom is -0.497 e. The van der Waals surface area contributed by atoms with E-state index in [1.165, 1.54) is 17.4 Å². The molecule has 1 aromatic carbocycles. The van der Waals surface area contributed by atoms with E-state index < -0.39 is 0 Å². The quantitative estimate of drug-likeness (QED) is 0.881. The maximum Gasteiger partial charge on any atom is 0.329 e. The predicted molar refractivity (Wildman–Crippen MR) is 90.2 cm³/mol. The molecule has 5 heteroatoms. The number of nitrogens with one attached hydrogen (secondary N) is 1. The van der Waals surface area contributed by atoms with E-state index in [2.05, 4.69) is 16.0 Å². The van der Waals surface area contributed by atoms with E-state index in [0.29, 0.717) is 5.92 Å². The van der Waals surface area contributed by atoms with Crippen molar-refractivity contribution in [1.82, 2.24) is 9.88 Å². The zero-order valence-corrected chi connectivity index (χ0v) is 14.3. The fraction of sp³-hybridized carbons (Fsp3) is 0.526. The molecule has 1 N–H and O–H groups in total. The molecule has 1 aromatic heterocycles. The van der Waals surface area contributed by atoms with Crippen LogP contribution in [0.1, 0.15) is 49.9 Å². The summed E-state index contributed by atoms with van der Waals surface area (Å²) in [5, 5.41) is 1.19. The lowest BCUT2D eigenvalue weighted by molar-refractivity contribution is -0.160. The molecule has 5 rings (SSSR count). The molecule has 2 fully saturated rings. The first-order valence-corrected chi connectivity index (χ1v) is 8.72. The number of ether oxygens (including phenoxy) is 2. The minimum absolute atomic E-state index is 0.0976. The third-order valence-electron chi connectivity index (χ3n) is 5.99. The highest BCUT2D eigenvalue weighted by atomic mass is 16.5. The van der Waals surface area contributed by atoms with Crippen molar-refractivity contribution < 1.29 is 14.3 Å². The van der Waals surface area contributed by atoms with E-state index in [4.69, 9.17) is 9.47 Å². The lowest BCUT2D eigenvalue weighted by Crippen LogP contribution is -2.57. The number of esters is 1. The Kier molecular flexibility index (Phi) is 2.71. The molecule has 3 heterocycles.